The molecular weight excluding hydrogens is 324 g/mol. The molecule has 8 heteroatoms. The van der Waals surface area contributed by atoms with Crippen LogP contribution in [0.25, 0.3) is 0 Å². The fraction of sp³-hybridized carbons (Fsp3) is 0.867. The molecule has 0 bridgehead atoms. The van der Waals surface area contributed by atoms with Crippen LogP contribution in [-0.4, -0.2) is 57.5 Å². The van der Waals surface area contributed by atoms with E-state index in [9.17, 15) is 8.42 Å². The van der Waals surface area contributed by atoms with Gasteiger partial charge in [0, 0.05) is 13.0 Å². The third kappa shape index (κ3) is 6.28. The molecule has 7 nitrogen and oxygen atoms in total. The monoisotopic (exact) mass is 350 g/mol. The van der Waals surface area contributed by atoms with Gasteiger partial charge in [0.15, 0.2) is 12.4 Å². The molecule has 1 aliphatic heterocycles. The van der Waals surface area contributed by atoms with Crippen LogP contribution >= 0.6 is 0 Å². The Morgan fingerprint density at radius 1 is 1.22 bits per heavy atom. The zero-order valence-corrected chi connectivity index (χ0v) is 14.8. The molecule has 0 aliphatic carbocycles. The average Bonchev–Trinajstić information content (AvgIpc) is 2.45. The number of rotatable bonds is 8. The van der Waals surface area contributed by atoms with Crippen molar-refractivity contribution in [3.8, 4) is 12.5 Å². The lowest BCUT2D eigenvalue weighted by atomic mass is 9.79. The van der Waals surface area contributed by atoms with E-state index < -0.39 is 34.4 Å². The Morgan fingerprint density at radius 3 is 2.39 bits per heavy atom. The minimum absolute atomic E-state index is 0.0245. The first-order valence-corrected chi connectivity index (χ1v) is 9.13. The van der Waals surface area contributed by atoms with Crippen molar-refractivity contribution in [2.75, 3.05) is 26.1 Å². The molecule has 0 aromatic carbocycles. The van der Waals surface area contributed by atoms with E-state index in [0.29, 0.717) is 0 Å². The second-order valence-corrected chi connectivity index (χ2v) is 7.51. The van der Waals surface area contributed by atoms with E-state index in [4.69, 9.17) is 29.9 Å². The molecule has 6 atom stereocenters. The first-order chi connectivity index (χ1) is 10.7. The summed E-state index contributed by atoms with van der Waals surface area (Å²) in [5.41, 5.74) is 0. The van der Waals surface area contributed by atoms with Gasteiger partial charge in [0.05, 0.1) is 19.3 Å². The summed E-state index contributed by atoms with van der Waals surface area (Å²) in [4.78, 5) is 0. The van der Waals surface area contributed by atoms with Crippen molar-refractivity contribution in [3.63, 3.8) is 0 Å². The fourth-order valence-electron chi connectivity index (χ4n) is 2.68. The minimum Gasteiger partial charge on any atom is -0.439 e. The van der Waals surface area contributed by atoms with Crippen LogP contribution in [0.1, 0.15) is 20.8 Å². The summed E-state index contributed by atoms with van der Waals surface area (Å²) in [5, 5.41) is 0. The van der Waals surface area contributed by atoms with E-state index in [1.165, 1.54) is 7.11 Å². The Bertz CT molecular complexity index is 498. The first kappa shape index (κ1) is 20.2. The lowest BCUT2D eigenvalue weighted by molar-refractivity contribution is -0.250. The van der Waals surface area contributed by atoms with Crippen LogP contribution in [0.5, 0.6) is 0 Å². The van der Waals surface area contributed by atoms with Gasteiger partial charge >= 0.3 is 0 Å². The average molecular weight is 350 g/mol. The molecule has 0 aromatic rings. The van der Waals surface area contributed by atoms with Gasteiger partial charge in [-0.05, 0) is 11.8 Å². The standard InChI is InChI=1S/C15H26O7S/c1-6-20-13(7-19-5)8-21-15-12(4)10(2)11(3)14(22-15)9-23(16,17)18/h1,10-15H,7-9H2,2-5H3,(H,16,17,18). The van der Waals surface area contributed by atoms with Crippen molar-refractivity contribution in [2.24, 2.45) is 17.8 Å². The maximum atomic E-state index is 11.2. The molecule has 134 valence electrons. The highest BCUT2D eigenvalue weighted by atomic mass is 32.2. The number of hydrogen-bond acceptors (Lipinski definition) is 6. The van der Waals surface area contributed by atoms with Crippen molar-refractivity contribution in [2.45, 2.75) is 39.3 Å². The van der Waals surface area contributed by atoms with E-state index in [1.54, 1.807) is 0 Å². The third-order valence-electron chi connectivity index (χ3n) is 4.39. The van der Waals surface area contributed by atoms with Crippen LogP contribution in [0.2, 0.25) is 0 Å². The summed E-state index contributed by atoms with van der Waals surface area (Å²) in [6.45, 7) is 6.32. The molecule has 0 amide bonds. The summed E-state index contributed by atoms with van der Waals surface area (Å²) in [5.74, 6) is -0.261. The quantitative estimate of drug-likeness (QED) is 0.518. The molecule has 0 radical (unpaired) electrons. The van der Waals surface area contributed by atoms with Gasteiger partial charge in [0.25, 0.3) is 10.1 Å². The predicted octanol–water partition coefficient (Wildman–Crippen LogP) is 1.15. The van der Waals surface area contributed by atoms with E-state index in [-0.39, 0.29) is 31.0 Å². The van der Waals surface area contributed by atoms with Crippen molar-refractivity contribution < 1.29 is 31.9 Å². The molecule has 1 saturated heterocycles. The number of ether oxygens (including phenoxy) is 4. The SMILES string of the molecule is C#COC(COC)COC1OC(CS(=O)(=O)O)C(C)C(C)C1C. The number of hydrogen-bond donors (Lipinski definition) is 1. The van der Waals surface area contributed by atoms with E-state index in [1.807, 2.05) is 20.8 Å². The normalized spacial score (nSPS) is 33.0. The molecule has 6 unspecified atom stereocenters. The topological polar surface area (TPSA) is 91.3 Å². The summed E-state index contributed by atoms with van der Waals surface area (Å²) in [6.07, 6.45) is 5.55. The Labute approximate surface area is 138 Å². The second-order valence-electron chi connectivity index (χ2n) is 6.02. The summed E-state index contributed by atoms with van der Waals surface area (Å²) >= 11 is 0. The molecular formula is C15H26O7S. The van der Waals surface area contributed by atoms with Gasteiger partial charge in [0.2, 0.25) is 0 Å². The minimum atomic E-state index is -4.12. The highest BCUT2D eigenvalue weighted by Gasteiger charge is 2.41. The number of terminal acetylenes is 1. The van der Waals surface area contributed by atoms with Crippen LogP contribution in [0.3, 0.4) is 0 Å². The van der Waals surface area contributed by atoms with Crippen LogP contribution in [0.4, 0.5) is 0 Å². The second kappa shape index (κ2) is 8.85. The lowest BCUT2D eigenvalue weighted by Crippen LogP contribution is -2.49. The lowest BCUT2D eigenvalue weighted by Gasteiger charge is -2.43. The zero-order valence-electron chi connectivity index (χ0n) is 14.0. The van der Waals surface area contributed by atoms with Crippen LogP contribution in [-0.2, 0) is 29.1 Å². The molecule has 0 saturated carbocycles. The molecule has 23 heavy (non-hydrogen) atoms. The summed E-state index contributed by atoms with van der Waals surface area (Å²) < 4.78 is 52.9. The van der Waals surface area contributed by atoms with Crippen LogP contribution < -0.4 is 0 Å². The van der Waals surface area contributed by atoms with Gasteiger partial charge in [-0.25, -0.2) is 0 Å². The summed E-state index contributed by atoms with van der Waals surface area (Å²) in [7, 11) is -2.59. The van der Waals surface area contributed by atoms with Crippen molar-refractivity contribution in [1.82, 2.24) is 0 Å². The Hall–Kier alpha value is -0.850. The Morgan fingerprint density at radius 2 is 1.87 bits per heavy atom. The molecule has 1 aliphatic rings. The van der Waals surface area contributed by atoms with Gasteiger partial charge < -0.3 is 18.9 Å². The molecule has 1 N–H and O–H groups in total. The molecule has 1 fully saturated rings. The Balaban J connectivity index is 2.71. The predicted molar refractivity (Wildman–Crippen MR) is 84.1 cm³/mol. The third-order valence-corrected chi connectivity index (χ3v) is 5.14. The van der Waals surface area contributed by atoms with Crippen molar-refractivity contribution in [1.29, 1.82) is 0 Å². The molecule has 1 heterocycles. The van der Waals surface area contributed by atoms with E-state index in [2.05, 4.69) is 6.11 Å². The maximum Gasteiger partial charge on any atom is 0.267 e. The molecule has 0 spiro atoms. The smallest absolute Gasteiger partial charge is 0.267 e. The highest BCUT2D eigenvalue weighted by molar-refractivity contribution is 7.85. The van der Waals surface area contributed by atoms with E-state index in [0.717, 1.165) is 0 Å². The van der Waals surface area contributed by atoms with Crippen LogP contribution in [0.15, 0.2) is 0 Å². The van der Waals surface area contributed by atoms with Crippen molar-refractivity contribution >= 4 is 10.1 Å². The Kier molecular flexibility index (Phi) is 7.77. The zero-order chi connectivity index (χ0) is 17.6. The number of methoxy groups -OCH3 is 1. The fourth-order valence-corrected chi connectivity index (χ4v) is 3.47. The largest absolute Gasteiger partial charge is 0.439 e. The van der Waals surface area contributed by atoms with Gasteiger partial charge in [-0.3, -0.25) is 4.55 Å². The molecule has 0 aromatic heterocycles. The van der Waals surface area contributed by atoms with Gasteiger partial charge in [-0.2, -0.15) is 8.42 Å². The summed E-state index contributed by atoms with van der Waals surface area (Å²) in [6, 6.07) is 0. The molecule has 1 rings (SSSR count). The van der Waals surface area contributed by atoms with Gasteiger partial charge in [-0.1, -0.05) is 27.2 Å². The maximum absolute atomic E-state index is 11.2. The first-order valence-electron chi connectivity index (χ1n) is 7.52. The highest BCUT2D eigenvalue weighted by Crippen LogP contribution is 2.36. The van der Waals surface area contributed by atoms with Crippen LogP contribution in [0, 0.1) is 30.3 Å². The van der Waals surface area contributed by atoms with Gasteiger partial charge in [-0.15, -0.1) is 0 Å². The van der Waals surface area contributed by atoms with Gasteiger partial charge in [0.1, 0.15) is 11.9 Å². The van der Waals surface area contributed by atoms with Crippen molar-refractivity contribution in [3.05, 3.63) is 0 Å². The van der Waals surface area contributed by atoms with E-state index >= 15 is 0 Å².